The SMILES string of the molecule is COc1ccc(Oc2cc3c(cc2NC(C)=O)n(C)c(=O)c(=O)n3C)cc1. The molecule has 0 aliphatic rings. The molecule has 0 aliphatic carbocycles. The topological polar surface area (TPSA) is 91.6 Å². The number of rotatable bonds is 4. The summed E-state index contributed by atoms with van der Waals surface area (Å²) < 4.78 is 13.5. The van der Waals surface area contributed by atoms with Gasteiger partial charge in [-0.15, -0.1) is 0 Å². The monoisotopic (exact) mass is 369 g/mol. The number of aromatic nitrogens is 2. The predicted molar refractivity (Wildman–Crippen MR) is 102 cm³/mol. The number of benzene rings is 2. The van der Waals surface area contributed by atoms with Gasteiger partial charge in [0, 0.05) is 27.1 Å². The van der Waals surface area contributed by atoms with E-state index in [9.17, 15) is 14.4 Å². The van der Waals surface area contributed by atoms with Gasteiger partial charge in [0.05, 0.1) is 23.8 Å². The first kappa shape index (κ1) is 18.2. The van der Waals surface area contributed by atoms with E-state index in [-0.39, 0.29) is 5.91 Å². The average molecular weight is 369 g/mol. The van der Waals surface area contributed by atoms with Gasteiger partial charge in [0.2, 0.25) is 5.91 Å². The normalized spacial score (nSPS) is 10.7. The summed E-state index contributed by atoms with van der Waals surface area (Å²) >= 11 is 0. The summed E-state index contributed by atoms with van der Waals surface area (Å²) in [6.45, 7) is 1.38. The number of nitrogens with one attached hydrogen (secondary N) is 1. The van der Waals surface area contributed by atoms with Gasteiger partial charge in [0.15, 0.2) is 5.75 Å². The molecule has 0 fully saturated rings. The minimum Gasteiger partial charge on any atom is -0.497 e. The number of anilines is 1. The molecule has 27 heavy (non-hydrogen) atoms. The summed E-state index contributed by atoms with van der Waals surface area (Å²) in [5.41, 5.74) is 0.0855. The molecule has 0 radical (unpaired) electrons. The number of ether oxygens (including phenoxy) is 2. The number of hydrogen-bond donors (Lipinski definition) is 1. The van der Waals surface area contributed by atoms with Crippen molar-refractivity contribution in [3.05, 3.63) is 57.1 Å². The molecule has 140 valence electrons. The average Bonchev–Trinajstić information content (AvgIpc) is 2.65. The first-order valence-electron chi connectivity index (χ1n) is 8.15. The van der Waals surface area contributed by atoms with Crippen molar-refractivity contribution >= 4 is 22.6 Å². The van der Waals surface area contributed by atoms with E-state index in [0.717, 1.165) is 0 Å². The van der Waals surface area contributed by atoms with Crippen LogP contribution in [-0.4, -0.2) is 22.2 Å². The largest absolute Gasteiger partial charge is 0.497 e. The molecule has 0 saturated heterocycles. The summed E-state index contributed by atoms with van der Waals surface area (Å²) in [5.74, 6) is 1.26. The van der Waals surface area contributed by atoms with Gasteiger partial charge in [0.25, 0.3) is 0 Å². The van der Waals surface area contributed by atoms with E-state index in [4.69, 9.17) is 9.47 Å². The van der Waals surface area contributed by atoms with Gasteiger partial charge in [-0.1, -0.05) is 0 Å². The van der Waals surface area contributed by atoms with Crippen molar-refractivity contribution in [3.8, 4) is 17.2 Å². The summed E-state index contributed by atoms with van der Waals surface area (Å²) in [4.78, 5) is 35.8. The van der Waals surface area contributed by atoms with Crippen molar-refractivity contribution in [2.24, 2.45) is 14.1 Å². The molecule has 1 amide bonds. The fourth-order valence-corrected chi connectivity index (χ4v) is 2.74. The minimum atomic E-state index is -0.650. The lowest BCUT2D eigenvalue weighted by molar-refractivity contribution is -0.114. The summed E-state index contributed by atoms with van der Waals surface area (Å²) in [6, 6.07) is 10.2. The van der Waals surface area contributed by atoms with Crippen LogP contribution in [0.4, 0.5) is 5.69 Å². The molecule has 0 unspecified atom stereocenters. The van der Waals surface area contributed by atoms with Crippen LogP contribution in [0, 0.1) is 0 Å². The molecular weight excluding hydrogens is 350 g/mol. The number of methoxy groups -OCH3 is 1. The molecule has 8 heteroatoms. The highest BCUT2D eigenvalue weighted by Crippen LogP contribution is 2.33. The number of aryl methyl sites for hydroxylation is 2. The van der Waals surface area contributed by atoms with E-state index in [2.05, 4.69) is 5.32 Å². The third-order valence-electron chi connectivity index (χ3n) is 4.19. The quantitative estimate of drug-likeness (QED) is 0.710. The summed E-state index contributed by atoms with van der Waals surface area (Å²) in [5, 5.41) is 2.70. The van der Waals surface area contributed by atoms with Crippen molar-refractivity contribution in [2.45, 2.75) is 6.92 Å². The second-order valence-electron chi connectivity index (χ2n) is 6.02. The third kappa shape index (κ3) is 3.41. The van der Waals surface area contributed by atoms with Crippen molar-refractivity contribution in [1.29, 1.82) is 0 Å². The van der Waals surface area contributed by atoms with Gasteiger partial charge >= 0.3 is 11.1 Å². The van der Waals surface area contributed by atoms with E-state index in [1.165, 1.54) is 30.2 Å². The Hall–Kier alpha value is -3.55. The Bertz CT molecular complexity index is 1140. The molecule has 1 aromatic heterocycles. The second-order valence-corrected chi connectivity index (χ2v) is 6.02. The first-order valence-corrected chi connectivity index (χ1v) is 8.15. The van der Waals surface area contributed by atoms with Crippen LogP contribution in [0.15, 0.2) is 46.0 Å². The van der Waals surface area contributed by atoms with Crippen molar-refractivity contribution < 1.29 is 14.3 Å². The zero-order valence-corrected chi connectivity index (χ0v) is 15.4. The van der Waals surface area contributed by atoms with Crippen LogP contribution >= 0.6 is 0 Å². The Morgan fingerprint density at radius 1 is 0.926 bits per heavy atom. The van der Waals surface area contributed by atoms with E-state index in [0.29, 0.717) is 34.0 Å². The number of carbonyl (C=O) groups is 1. The van der Waals surface area contributed by atoms with E-state index < -0.39 is 11.1 Å². The molecule has 3 rings (SSSR count). The fraction of sp³-hybridized carbons (Fsp3) is 0.211. The molecule has 0 atom stereocenters. The van der Waals surface area contributed by atoms with Crippen LogP contribution < -0.4 is 25.9 Å². The highest BCUT2D eigenvalue weighted by Gasteiger charge is 2.15. The van der Waals surface area contributed by atoms with Crippen molar-refractivity contribution in [3.63, 3.8) is 0 Å². The molecule has 2 aromatic carbocycles. The second kappa shape index (κ2) is 6.99. The maximum absolute atomic E-state index is 12.1. The van der Waals surface area contributed by atoms with Gasteiger partial charge in [-0.05, 0) is 30.3 Å². The lowest BCUT2D eigenvalue weighted by Crippen LogP contribution is -2.39. The Morgan fingerprint density at radius 3 is 1.96 bits per heavy atom. The van der Waals surface area contributed by atoms with Gasteiger partial charge in [-0.2, -0.15) is 0 Å². The highest BCUT2D eigenvalue weighted by atomic mass is 16.5. The Morgan fingerprint density at radius 2 is 1.44 bits per heavy atom. The fourth-order valence-electron chi connectivity index (χ4n) is 2.74. The maximum Gasteiger partial charge on any atom is 0.316 e. The molecule has 8 nitrogen and oxygen atoms in total. The molecule has 0 bridgehead atoms. The molecular formula is C19H19N3O5. The zero-order valence-electron chi connectivity index (χ0n) is 15.4. The van der Waals surface area contributed by atoms with Crippen LogP contribution in [0.2, 0.25) is 0 Å². The number of nitrogens with zero attached hydrogens (tertiary/aromatic N) is 2. The van der Waals surface area contributed by atoms with Crippen molar-refractivity contribution in [1.82, 2.24) is 9.13 Å². The first-order chi connectivity index (χ1) is 12.8. The van der Waals surface area contributed by atoms with Crippen LogP contribution in [0.1, 0.15) is 6.92 Å². The smallest absolute Gasteiger partial charge is 0.316 e. The van der Waals surface area contributed by atoms with Gasteiger partial charge < -0.3 is 23.9 Å². The Balaban J connectivity index is 2.20. The molecule has 0 aliphatic heterocycles. The molecule has 1 N–H and O–H groups in total. The van der Waals surface area contributed by atoms with E-state index >= 15 is 0 Å². The third-order valence-corrected chi connectivity index (χ3v) is 4.19. The Kier molecular flexibility index (Phi) is 4.72. The number of fused-ring (bicyclic) bond motifs is 1. The summed E-state index contributed by atoms with van der Waals surface area (Å²) in [7, 11) is 4.59. The van der Waals surface area contributed by atoms with Crippen LogP contribution in [-0.2, 0) is 18.9 Å². The summed E-state index contributed by atoms with van der Waals surface area (Å²) in [6.07, 6.45) is 0. The van der Waals surface area contributed by atoms with Crippen LogP contribution in [0.25, 0.3) is 11.0 Å². The van der Waals surface area contributed by atoms with Gasteiger partial charge in [-0.25, -0.2) is 0 Å². The molecule has 1 heterocycles. The van der Waals surface area contributed by atoms with Crippen LogP contribution in [0.5, 0.6) is 17.2 Å². The number of carbonyl (C=O) groups excluding carboxylic acids is 1. The number of hydrogen-bond acceptors (Lipinski definition) is 5. The molecule has 0 spiro atoms. The van der Waals surface area contributed by atoms with Gasteiger partial charge in [-0.3, -0.25) is 14.4 Å². The Labute approximate surface area is 154 Å². The predicted octanol–water partition coefficient (Wildman–Crippen LogP) is 2.00. The minimum absolute atomic E-state index is 0.288. The maximum atomic E-state index is 12.1. The highest BCUT2D eigenvalue weighted by molar-refractivity contribution is 5.94. The van der Waals surface area contributed by atoms with Gasteiger partial charge in [0.1, 0.15) is 11.5 Å². The standard InChI is InChI=1S/C19H19N3O5/c1-11(23)20-14-9-15-16(22(3)19(25)18(24)21(15)2)10-17(14)27-13-7-5-12(26-4)6-8-13/h5-10H,1-4H3,(H,20,23). The van der Waals surface area contributed by atoms with Crippen molar-refractivity contribution in [2.75, 3.05) is 12.4 Å². The zero-order chi connectivity index (χ0) is 19.7. The molecule has 3 aromatic rings. The van der Waals surface area contributed by atoms with E-state index in [1.54, 1.807) is 43.5 Å². The van der Waals surface area contributed by atoms with Crippen LogP contribution in [0.3, 0.4) is 0 Å². The lowest BCUT2D eigenvalue weighted by atomic mass is 10.2. The van der Waals surface area contributed by atoms with E-state index in [1.807, 2.05) is 0 Å². The number of amides is 1. The molecule has 0 saturated carbocycles. The lowest BCUT2D eigenvalue weighted by Gasteiger charge is -2.16.